The van der Waals surface area contributed by atoms with Crippen LogP contribution in [0.2, 0.25) is 0 Å². The molecule has 1 aliphatic rings. The minimum absolute atomic E-state index is 0.0975. The number of thiophene rings is 1. The molecular formula is C24H25N3O2S. The first-order valence-corrected chi connectivity index (χ1v) is 11.3. The number of benzene rings is 1. The molecule has 0 unspecified atom stereocenters. The molecule has 0 amide bonds. The predicted octanol–water partition coefficient (Wildman–Crippen LogP) is 5.53. The standard InChI is InChI=1S/C24H25N3O2S/c1-15(2)17-7-5-16(6-8-17)12-27(18-9-10-18)13-21-25-23(28)22-19(14-30-24(22)26-21)20-4-3-11-29-20/h3-8,11,14-15,18H,9-10,12-13H2,1-2H3,(H,25,26,28). The Labute approximate surface area is 179 Å². The zero-order valence-corrected chi connectivity index (χ0v) is 18.0. The number of hydrogen-bond donors (Lipinski definition) is 1. The average molecular weight is 420 g/mol. The summed E-state index contributed by atoms with van der Waals surface area (Å²) in [5, 5.41) is 2.56. The summed E-state index contributed by atoms with van der Waals surface area (Å²) < 4.78 is 5.48. The van der Waals surface area contributed by atoms with Gasteiger partial charge in [-0.3, -0.25) is 9.69 Å². The number of aromatic amines is 1. The van der Waals surface area contributed by atoms with E-state index < -0.39 is 0 Å². The molecule has 6 heteroatoms. The maximum absolute atomic E-state index is 12.9. The van der Waals surface area contributed by atoms with Gasteiger partial charge in [-0.1, -0.05) is 38.1 Å². The average Bonchev–Trinajstić information content (AvgIpc) is 3.26. The highest BCUT2D eigenvalue weighted by molar-refractivity contribution is 7.17. The summed E-state index contributed by atoms with van der Waals surface area (Å²) in [5.41, 5.74) is 3.37. The fourth-order valence-corrected chi connectivity index (χ4v) is 4.82. The number of rotatable bonds is 7. The molecule has 154 valence electrons. The van der Waals surface area contributed by atoms with E-state index in [1.54, 1.807) is 6.26 Å². The van der Waals surface area contributed by atoms with Gasteiger partial charge >= 0.3 is 0 Å². The van der Waals surface area contributed by atoms with Crippen LogP contribution in [-0.2, 0) is 13.1 Å². The van der Waals surface area contributed by atoms with Crippen molar-refractivity contribution in [2.24, 2.45) is 0 Å². The first-order chi connectivity index (χ1) is 14.6. The Morgan fingerprint density at radius 2 is 2.00 bits per heavy atom. The maximum atomic E-state index is 12.9. The van der Waals surface area contributed by atoms with Gasteiger partial charge < -0.3 is 9.40 Å². The van der Waals surface area contributed by atoms with Crippen molar-refractivity contribution in [3.8, 4) is 11.3 Å². The quantitative estimate of drug-likeness (QED) is 0.428. The molecule has 3 heterocycles. The lowest BCUT2D eigenvalue weighted by molar-refractivity contribution is 0.239. The zero-order valence-electron chi connectivity index (χ0n) is 17.2. The van der Waals surface area contributed by atoms with Gasteiger partial charge in [-0.15, -0.1) is 11.3 Å². The Hall–Kier alpha value is -2.70. The molecule has 3 aromatic heterocycles. The minimum atomic E-state index is -0.0975. The number of aromatic nitrogens is 2. The van der Waals surface area contributed by atoms with Crippen molar-refractivity contribution in [3.05, 3.63) is 75.3 Å². The summed E-state index contributed by atoms with van der Waals surface area (Å²) in [7, 11) is 0. The van der Waals surface area contributed by atoms with Crippen molar-refractivity contribution in [1.29, 1.82) is 0 Å². The predicted molar refractivity (Wildman–Crippen MR) is 121 cm³/mol. The Bertz CT molecular complexity index is 1200. The van der Waals surface area contributed by atoms with Crippen molar-refractivity contribution >= 4 is 21.6 Å². The molecule has 0 atom stereocenters. The molecule has 30 heavy (non-hydrogen) atoms. The Balaban J connectivity index is 1.39. The lowest BCUT2D eigenvalue weighted by Gasteiger charge is -2.21. The van der Waals surface area contributed by atoms with E-state index in [0.29, 0.717) is 29.7 Å². The van der Waals surface area contributed by atoms with Crippen LogP contribution in [0.4, 0.5) is 0 Å². The van der Waals surface area contributed by atoms with Gasteiger partial charge in [-0.2, -0.15) is 0 Å². The summed E-state index contributed by atoms with van der Waals surface area (Å²) in [4.78, 5) is 23.8. The minimum Gasteiger partial charge on any atom is -0.464 e. The fraction of sp³-hybridized carbons (Fsp3) is 0.333. The second kappa shape index (κ2) is 7.85. The largest absolute Gasteiger partial charge is 0.464 e. The van der Waals surface area contributed by atoms with E-state index in [2.05, 4.69) is 48.0 Å². The molecule has 1 N–H and O–H groups in total. The third-order valence-electron chi connectivity index (χ3n) is 5.73. The van der Waals surface area contributed by atoms with Crippen LogP contribution in [0, 0.1) is 0 Å². The zero-order chi connectivity index (χ0) is 20.7. The highest BCUT2D eigenvalue weighted by Crippen LogP contribution is 2.32. The monoisotopic (exact) mass is 419 g/mol. The lowest BCUT2D eigenvalue weighted by atomic mass is 10.0. The Kier molecular flexibility index (Phi) is 5.05. The van der Waals surface area contributed by atoms with E-state index >= 15 is 0 Å². The van der Waals surface area contributed by atoms with Crippen LogP contribution in [0.1, 0.15) is 49.6 Å². The van der Waals surface area contributed by atoms with E-state index in [1.807, 2.05) is 17.5 Å². The first kappa shape index (κ1) is 19.3. The van der Waals surface area contributed by atoms with Gasteiger partial charge in [0.05, 0.1) is 18.2 Å². The van der Waals surface area contributed by atoms with Gasteiger partial charge in [0.15, 0.2) is 0 Å². The number of furan rings is 1. The van der Waals surface area contributed by atoms with Gasteiger partial charge in [0.2, 0.25) is 0 Å². The highest BCUT2D eigenvalue weighted by atomic mass is 32.1. The maximum Gasteiger partial charge on any atom is 0.260 e. The van der Waals surface area contributed by atoms with E-state index in [4.69, 9.17) is 9.40 Å². The van der Waals surface area contributed by atoms with E-state index in [1.165, 1.54) is 35.3 Å². The highest BCUT2D eigenvalue weighted by Gasteiger charge is 2.29. The van der Waals surface area contributed by atoms with Gasteiger partial charge in [0.25, 0.3) is 5.56 Å². The number of fused-ring (bicyclic) bond motifs is 1. The van der Waals surface area contributed by atoms with Crippen LogP contribution in [0.3, 0.4) is 0 Å². The fourth-order valence-electron chi connectivity index (χ4n) is 3.87. The molecular weight excluding hydrogens is 394 g/mol. The van der Waals surface area contributed by atoms with Gasteiger partial charge in [-0.05, 0) is 42.0 Å². The number of hydrogen-bond acceptors (Lipinski definition) is 5. The van der Waals surface area contributed by atoms with Crippen LogP contribution >= 0.6 is 11.3 Å². The summed E-state index contributed by atoms with van der Waals surface area (Å²) >= 11 is 1.49. The number of nitrogens with one attached hydrogen (secondary N) is 1. The van der Waals surface area contributed by atoms with Crippen LogP contribution in [-0.4, -0.2) is 20.9 Å². The molecule has 0 bridgehead atoms. The second-order valence-electron chi connectivity index (χ2n) is 8.35. The van der Waals surface area contributed by atoms with E-state index in [-0.39, 0.29) is 5.56 Å². The molecule has 4 aromatic rings. The lowest BCUT2D eigenvalue weighted by Crippen LogP contribution is -2.27. The normalized spacial score (nSPS) is 14.3. The van der Waals surface area contributed by atoms with E-state index in [9.17, 15) is 4.79 Å². The SMILES string of the molecule is CC(C)c1ccc(CN(Cc2nc3scc(-c4ccco4)c3c(=O)[nH]2)C2CC2)cc1. The summed E-state index contributed by atoms with van der Waals surface area (Å²) in [6, 6.07) is 13.2. The van der Waals surface area contributed by atoms with Gasteiger partial charge in [0.1, 0.15) is 16.4 Å². The van der Waals surface area contributed by atoms with Crippen LogP contribution in [0.5, 0.6) is 0 Å². The van der Waals surface area contributed by atoms with Gasteiger partial charge in [0, 0.05) is 23.5 Å². The second-order valence-corrected chi connectivity index (χ2v) is 9.21. The molecule has 1 fully saturated rings. The van der Waals surface area contributed by atoms with Crippen molar-refractivity contribution < 1.29 is 4.42 Å². The van der Waals surface area contributed by atoms with E-state index in [0.717, 1.165) is 22.8 Å². The van der Waals surface area contributed by atoms with Crippen LogP contribution in [0.15, 0.2) is 57.3 Å². The van der Waals surface area contributed by atoms with Crippen molar-refractivity contribution in [2.45, 2.75) is 51.7 Å². The number of nitrogens with zero attached hydrogens (tertiary/aromatic N) is 2. The summed E-state index contributed by atoms with van der Waals surface area (Å²) in [5.74, 6) is 1.97. The molecule has 5 rings (SSSR count). The number of H-pyrrole nitrogens is 1. The molecule has 0 spiro atoms. The molecule has 0 aliphatic heterocycles. The van der Waals surface area contributed by atoms with Crippen LogP contribution in [0.25, 0.3) is 21.5 Å². The molecule has 1 saturated carbocycles. The summed E-state index contributed by atoms with van der Waals surface area (Å²) in [6.07, 6.45) is 4.03. The van der Waals surface area contributed by atoms with Crippen molar-refractivity contribution in [2.75, 3.05) is 0 Å². The van der Waals surface area contributed by atoms with Crippen molar-refractivity contribution in [1.82, 2.24) is 14.9 Å². The van der Waals surface area contributed by atoms with Crippen LogP contribution < -0.4 is 5.56 Å². The molecule has 5 nitrogen and oxygen atoms in total. The molecule has 0 radical (unpaired) electrons. The smallest absolute Gasteiger partial charge is 0.260 e. The molecule has 0 saturated heterocycles. The van der Waals surface area contributed by atoms with Crippen molar-refractivity contribution in [3.63, 3.8) is 0 Å². The topological polar surface area (TPSA) is 62.1 Å². The Morgan fingerprint density at radius 1 is 1.20 bits per heavy atom. The molecule has 1 aliphatic carbocycles. The molecule has 1 aromatic carbocycles. The Morgan fingerprint density at radius 3 is 2.67 bits per heavy atom. The third-order valence-corrected chi connectivity index (χ3v) is 6.60. The summed E-state index contributed by atoms with van der Waals surface area (Å²) in [6.45, 7) is 5.94. The first-order valence-electron chi connectivity index (χ1n) is 10.5. The van der Waals surface area contributed by atoms with Gasteiger partial charge in [-0.25, -0.2) is 4.98 Å². The third kappa shape index (κ3) is 3.85.